The highest BCUT2D eigenvalue weighted by Gasteiger charge is 2.29. The maximum atomic E-state index is 12.0. The summed E-state index contributed by atoms with van der Waals surface area (Å²) in [6.45, 7) is 11.6. The molecule has 0 saturated carbocycles. The summed E-state index contributed by atoms with van der Waals surface area (Å²) in [6.07, 6.45) is 3.29. The second-order valence-corrected chi connectivity index (χ2v) is 6.47. The molecule has 0 aliphatic carbocycles. The Morgan fingerprint density at radius 1 is 1.30 bits per heavy atom. The summed E-state index contributed by atoms with van der Waals surface area (Å²) in [5.41, 5.74) is 5.79. The average Bonchev–Trinajstić information content (AvgIpc) is 2.30. The number of nitrogens with zero attached hydrogens (tertiary/aromatic N) is 1. The second-order valence-electron chi connectivity index (χ2n) is 6.47. The van der Waals surface area contributed by atoms with Crippen LogP contribution in [0.1, 0.15) is 47.0 Å². The molecule has 1 rings (SSSR count). The third kappa shape index (κ3) is 7.11. The van der Waals surface area contributed by atoms with Crippen molar-refractivity contribution in [2.45, 2.75) is 59.0 Å². The van der Waals surface area contributed by atoms with E-state index in [2.05, 4.69) is 17.1 Å². The summed E-state index contributed by atoms with van der Waals surface area (Å²) < 4.78 is 0. The minimum Gasteiger partial charge on any atom is -0.352 e. The SMILES string of the molecule is CCCN1CCC(NC(=O)[C@@H](N)C(C)(C)C)CC1.Cl.Cl. The van der Waals surface area contributed by atoms with Crippen LogP contribution in [0.3, 0.4) is 0 Å². The fourth-order valence-corrected chi connectivity index (χ4v) is 2.30. The van der Waals surface area contributed by atoms with E-state index < -0.39 is 6.04 Å². The van der Waals surface area contributed by atoms with Gasteiger partial charge in [0, 0.05) is 19.1 Å². The van der Waals surface area contributed by atoms with E-state index in [4.69, 9.17) is 5.73 Å². The van der Waals surface area contributed by atoms with E-state index in [0.29, 0.717) is 6.04 Å². The van der Waals surface area contributed by atoms with Crippen molar-refractivity contribution in [1.29, 1.82) is 0 Å². The van der Waals surface area contributed by atoms with Gasteiger partial charge in [0.1, 0.15) is 0 Å². The molecule has 1 aliphatic heterocycles. The van der Waals surface area contributed by atoms with Crippen LogP contribution >= 0.6 is 24.8 Å². The summed E-state index contributed by atoms with van der Waals surface area (Å²) >= 11 is 0. The molecule has 0 spiro atoms. The van der Waals surface area contributed by atoms with Crippen molar-refractivity contribution in [3.8, 4) is 0 Å². The molecule has 3 N–H and O–H groups in total. The molecule has 4 nitrogen and oxygen atoms in total. The largest absolute Gasteiger partial charge is 0.352 e. The van der Waals surface area contributed by atoms with Gasteiger partial charge in [-0.25, -0.2) is 0 Å². The van der Waals surface area contributed by atoms with Crippen LogP contribution in [0.2, 0.25) is 0 Å². The van der Waals surface area contributed by atoms with E-state index in [1.807, 2.05) is 20.8 Å². The quantitative estimate of drug-likeness (QED) is 0.832. The van der Waals surface area contributed by atoms with E-state index in [1.165, 1.54) is 13.0 Å². The zero-order valence-corrected chi connectivity index (χ0v) is 14.8. The number of nitrogens with one attached hydrogen (secondary N) is 1. The Hall–Kier alpha value is -0.0300. The van der Waals surface area contributed by atoms with Gasteiger partial charge in [0.2, 0.25) is 5.91 Å². The van der Waals surface area contributed by atoms with Crippen LogP contribution in [0, 0.1) is 5.41 Å². The average molecular weight is 328 g/mol. The molecule has 1 atom stereocenters. The van der Waals surface area contributed by atoms with E-state index in [9.17, 15) is 4.79 Å². The molecule has 0 aromatic carbocycles. The van der Waals surface area contributed by atoms with Crippen LogP contribution in [-0.2, 0) is 4.79 Å². The Morgan fingerprint density at radius 2 is 1.80 bits per heavy atom. The van der Waals surface area contributed by atoms with Gasteiger partial charge in [0.25, 0.3) is 0 Å². The highest BCUT2D eigenvalue weighted by atomic mass is 35.5. The van der Waals surface area contributed by atoms with Crippen LogP contribution < -0.4 is 11.1 Å². The number of carbonyl (C=O) groups is 1. The van der Waals surface area contributed by atoms with Crippen molar-refractivity contribution < 1.29 is 4.79 Å². The van der Waals surface area contributed by atoms with Gasteiger partial charge >= 0.3 is 0 Å². The molecule has 1 heterocycles. The maximum Gasteiger partial charge on any atom is 0.237 e. The standard InChI is InChI=1S/C14H29N3O.2ClH/c1-5-8-17-9-6-11(7-10-17)16-13(18)12(15)14(2,3)4;;/h11-12H,5-10,15H2,1-4H3,(H,16,18);2*1H/t12-;;/m1../s1. The molecule has 0 aromatic heterocycles. The van der Waals surface area contributed by atoms with Gasteiger partial charge in [-0.05, 0) is 31.2 Å². The Balaban J connectivity index is 0. The first-order valence-corrected chi connectivity index (χ1v) is 7.13. The Bertz CT molecular complexity index is 274. The Morgan fingerprint density at radius 3 is 2.20 bits per heavy atom. The van der Waals surface area contributed by atoms with Crippen LogP contribution in [0.15, 0.2) is 0 Å². The molecule has 6 heteroatoms. The third-order valence-electron chi connectivity index (χ3n) is 3.69. The number of hydrogen-bond acceptors (Lipinski definition) is 3. The topological polar surface area (TPSA) is 58.4 Å². The summed E-state index contributed by atoms with van der Waals surface area (Å²) in [5, 5.41) is 3.10. The molecule has 122 valence electrons. The third-order valence-corrected chi connectivity index (χ3v) is 3.69. The summed E-state index contributed by atoms with van der Waals surface area (Å²) in [5.74, 6) is -0.00329. The van der Waals surface area contributed by atoms with Gasteiger partial charge < -0.3 is 16.0 Å². The first kappa shape index (κ1) is 22.3. The first-order valence-electron chi connectivity index (χ1n) is 7.13. The lowest BCUT2D eigenvalue weighted by molar-refractivity contribution is -0.125. The zero-order chi connectivity index (χ0) is 13.8. The van der Waals surface area contributed by atoms with Crippen molar-refractivity contribution in [3.05, 3.63) is 0 Å². The molecule has 1 amide bonds. The van der Waals surface area contributed by atoms with Crippen LogP contribution in [0.25, 0.3) is 0 Å². The molecule has 1 aliphatic rings. The lowest BCUT2D eigenvalue weighted by Gasteiger charge is -2.34. The summed E-state index contributed by atoms with van der Waals surface area (Å²) in [6, 6.07) is -0.120. The monoisotopic (exact) mass is 327 g/mol. The number of likely N-dealkylation sites (tertiary alicyclic amines) is 1. The second kappa shape index (κ2) is 9.82. The van der Waals surface area contributed by atoms with Gasteiger partial charge in [0.15, 0.2) is 0 Å². The lowest BCUT2D eigenvalue weighted by atomic mass is 9.86. The van der Waals surface area contributed by atoms with Gasteiger partial charge in [-0.1, -0.05) is 27.7 Å². The van der Waals surface area contributed by atoms with Gasteiger partial charge in [-0.3, -0.25) is 4.79 Å². The lowest BCUT2D eigenvalue weighted by Crippen LogP contribution is -2.53. The molecule has 0 aromatic rings. The normalized spacial score (nSPS) is 18.6. The van der Waals surface area contributed by atoms with Gasteiger partial charge in [0.05, 0.1) is 6.04 Å². The molecule has 1 fully saturated rings. The van der Waals surface area contributed by atoms with Crippen LogP contribution in [0.4, 0.5) is 0 Å². The molecule has 0 radical (unpaired) electrons. The Kier molecular flexibility index (Phi) is 10.9. The van der Waals surface area contributed by atoms with Crippen molar-refractivity contribution in [1.82, 2.24) is 10.2 Å². The highest BCUT2D eigenvalue weighted by Crippen LogP contribution is 2.18. The number of nitrogens with two attached hydrogens (primary N) is 1. The smallest absolute Gasteiger partial charge is 0.237 e. The maximum absolute atomic E-state index is 12.0. The van der Waals surface area contributed by atoms with E-state index >= 15 is 0 Å². The van der Waals surface area contributed by atoms with Crippen molar-refractivity contribution >= 4 is 30.7 Å². The zero-order valence-electron chi connectivity index (χ0n) is 13.1. The minimum atomic E-state index is -0.425. The van der Waals surface area contributed by atoms with Gasteiger partial charge in [-0.15, -0.1) is 24.8 Å². The molecule has 1 saturated heterocycles. The summed E-state index contributed by atoms with van der Waals surface area (Å²) in [4.78, 5) is 14.5. The van der Waals surface area contributed by atoms with Gasteiger partial charge in [-0.2, -0.15) is 0 Å². The predicted molar refractivity (Wildman–Crippen MR) is 89.8 cm³/mol. The number of rotatable bonds is 4. The van der Waals surface area contributed by atoms with Crippen molar-refractivity contribution in [3.63, 3.8) is 0 Å². The van der Waals surface area contributed by atoms with E-state index in [-0.39, 0.29) is 36.1 Å². The number of carbonyl (C=O) groups excluding carboxylic acids is 1. The minimum absolute atomic E-state index is 0. The number of halogens is 2. The molecule has 20 heavy (non-hydrogen) atoms. The molecule has 0 bridgehead atoms. The highest BCUT2D eigenvalue weighted by molar-refractivity contribution is 5.85. The predicted octanol–water partition coefficient (Wildman–Crippen LogP) is 2.19. The molecular weight excluding hydrogens is 297 g/mol. The van der Waals surface area contributed by atoms with Crippen LogP contribution in [0.5, 0.6) is 0 Å². The van der Waals surface area contributed by atoms with E-state index in [1.54, 1.807) is 0 Å². The molecular formula is C14H31Cl2N3O. The van der Waals surface area contributed by atoms with Crippen molar-refractivity contribution in [2.75, 3.05) is 19.6 Å². The Labute approximate surface area is 136 Å². The van der Waals surface area contributed by atoms with E-state index in [0.717, 1.165) is 25.9 Å². The number of hydrogen-bond donors (Lipinski definition) is 2. The van der Waals surface area contributed by atoms with Crippen LogP contribution in [-0.4, -0.2) is 42.5 Å². The fraction of sp³-hybridized carbons (Fsp3) is 0.929. The van der Waals surface area contributed by atoms with Crippen molar-refractivity contribution in [2.24, 2.45) is 11.1 Å². The molecule has 0 unspecified atom stereocenters. The number of amides is 1. The summed E-state index contributed by atoms with van der Waals surface area (Å²) in [7, 11) is 0. The first-order chi connectivity index (χ1) is 8.34. The fourth-order valence-electron chi connectivity index (χ4n) is 2.30. The number of piperidine rings is 1.